The Bertz CT molecular complexity index is 748. The molecule has 0 heterocycles. The Balaban J connectivity index is 1.76. The van der Waals surface area contributed by atoms with E-state index in [0.29, 0.717) is 16.1 Å². The van der Waals surface area contributed by atoms with Gasteiger partial charge in [0.15, 0.2) is 0 Å². The molecular weight excluding hydrogens is 339 g/mol. The van der Waals surface area contributed by atoms with Crippen LogP contribution in [0.2, 0.25) is 5.02 Å². The van der Waals surface area contributed by atoms with Crippen LogP contribution in [0.1, 0.15) is 40.4 Å². The van der Waals surface area contributed by atoms with Gasteiger partial charge in [-0.05, 0) is 74.5 Å². The molecule has 3 nitrogen and oxygen atoms in total. The Morgan fingerprint density at radius 2 is 1.96 bits per heavy atom. The SMILES string of the molecule is Cc1ccc(CC(C)NCCCc2ccc(C(N)=O)c(Cl)c2)cc1F. The van der Waals surface area contributed by atoms with E-state index in [1.165, 1.54) is 0 Å². The molecule has 2 aromatic carbocycles. The third kappa shape index (κ3) is 5.83. The molecule has 0 bridgehead atoms. The summed E-state index contributed by atoms with van der Waals surface area (Å²) in [5.74, 6) is -0.666. The molecule has 25 heavy (non-hydrogen) atoms. The van der Waals surface area contributed by atoms with E-state index >= 15 is 0 Å². The molecule has 0 aliphatic carbocycles. The van der Waals surface area contributed by atoms with Crippen LogP contribution in [0, 0.1) is 12.7 Å². The van der Waals surface area contributed by atoms with E-state index in [9.17, 15) is 9.18 Å². The maximum absolute atomic E-state index is 13.6. The van der Waals surface area contributed by atoms with E-state index in [4.69, 9.17) is 17.3 Å². The van der Waals surface area contributed by atoms with Crippen molar-refractivity contribution in [2.24, 2.45) is 5.73 Å². The van der Waals surface area contributed by atoms with E-state index < -0.39 is 5.91 Å². The van der Waals surface area contributed by atoms with Crippen LogP contribution in [0.25, 0.3) is 0 Å². The molecule has 0 saturated carbocycles. The Hall–Kier alpha value is -1.91. The number of halogens is 2. The first-order valence-electron chi connectivity index (χ1n) is 8.43. The molecule has 0 spiro atoms. The average Bonchev–Trinajstić information content (AvgIpc) is 2.55. The van der Waals surface area contributed by atoms with Crippen molar-refractivity contribution in [2.45, 2.75) is 39.2 Å². The van der Waals surface area contributed by atoms with Crippen LogP contribution < -0.4 is 11.1 Å². The number of hydrogen-bond donors (Lipinski definition) is 2. The minimum atomic E-state index is -0.514. The molecule has 0 saturated heterocycles. The highest BCUT2D eigenvalue weighted by atomic mass is 35.5. The van der Waals surface area contributed by atoms with Gasteiger partial charge >= 0.3 is 0 Å². The van der Waals surface area contributed by atoms with Crippen molar-refractivity contribution in [1.82, 2.24) is 5.32 Å². The summed E-state index contributed by atoms with van der Waals surface area (Å²) in [4.78, 5) is 11.2. The van der Waals surface area contributed by atoms with E-state index in [-0.39, 0.29) is 11.9 Å². The van der Waals surface area contributed by atoms with Gasteiger partial charge in [0, 0.05) is 6.04 Å². The van der Waals surface area contributed by atoms with E-state index in [1.807, 2.05) is 18.2 Å². The molecule has 0 radical (unpaired) electrons. The first-order valence-corrected chi connectivity index (χ1v) is 8.81. The Morgan fingerprint density at radius 1 is 1.24 bits per heavy atom. The van der Waals surface area contributed by atoms with Crippen molar-refractivity contribution in [3.05, 3.63) is 69.5 Å². The lowest BCUT2D eigenvalue weighted by Gasteiger charge is -2.14. The van der Waals surface area contributed by atoms with Gasteiger partial charge in [-0.25, -0.2) is 4.39 Å². The number of nitrogens with one attached hydrogen (secondary N) is 1. The van der Waals surface area contributed by atoms with Gasteiger partial charge in [0.1, 0.15) is 5.82 Å². The highest BCUT2D eigenvalue weighted by Gasteiger charge is 2.08. The number of carbonyl (C=O) groups excluding carboxylic acids is 1. The lowest BCUT2D eigenvalue weighted by Crippen LogP contribution is -2.29. The van der Waals surface area contributed by atoms with Gasteiger partial charge in [0.2, 0.25) is 5.91 Å². The number of amides is 1. The highest BCUT2D eigenvalue weighted by Crippen LogP contribution is 2.18. The van der Waals surface area contributed by atoms with Gasteiger partial charge in [-0.3, -0.25) is 4.79 Å². The second kappa shape index (κ2) is 8.97. The van der Waals surface area contributed by atoms with E-state index in [1.54, 1.807) is 25.1 Å². The minimum absolute atomic E-state index is 0.152. The number of benzene rings is 2. The van der Waals surface area contributed by atoms with Crippen molar-refractivity contribution in [3.63, 3.8) is 0 Å². The van der Waals surface area contributed by atoms with Crippen molar-refractivity contribution in [2.75, 3.05) is 6.54 Å². The lowest BCUT2D eigenvalue weighted by atomic mass is 10.0. The molecule has 0 aliphatic rings. The van der Waals surface area contributed by atoms with Gasteiger partial charge in [-0.15, -0.1) is 0 Å². The quantitative estimate of drug-likeness (QED) is 0.696. The first kappa shape index (κ1) is 19.4. The standard InChI is InChI=1S/C20H24ClFN2O/c1-13-5-6-16(12-19(13)22)10-14(2)24-9-3-4-15-7-8-17(20(23)25)18(21)11-15/h5-8,11-12,14,24H,3-4,9-10H2,1-2H3,(H2,23,25). The molecule has 2 aromatic rings. The summed E-state index contributed by atoms with van der Waals surface area (Å²) >= 11 is 6.05. The largest absolute Gasteiger partial charge is 0.366 e. The molecule has 1 atom stereocenters. The number of carbonyl (C=O) groups is 1. The summed E-state index contributed by atoms with van der Waals surface area (Å²) in [6, 6.07) is 11.0. The maximum Gasteiger partial charge on any atom is 0.250 e. The molecule has 0 fully saturated rings. The Morgan fingerprint density at radius 3 is 2.60 bits per heavy atom. The number of hydrogen-bond acceptors (Lipinski definition) is 2. The zero-order chi connectivity index (χ0) is 18.4. The molecule has 5 heteroatoms. The monoisotopic (exact) mass is 362 g/mol. The van der Waals surface area contributed by atoms with Crippen LogP contribution in [0.15, 0.2) is 36.4 Å². The third-order valence-electron chi connectivity index (χ3n) is 4.21. The number of aryl methyl sites for hydroxylation is 2. The fourth-order valence-corrected chi connectivity index (χ4v) is 3.04. The summed E-state index contributed by atoms with van der Waals surface area (Å²) in [6.07, 6.45) is 2.59. The zero-order valence-corrected chi connectivity index (χ0v) is 15.4. The topological polar surface area (TPSA) is 55.1 Å². The number of nitrogens with two attached hydrogens (primary N) is 1. The van der Waals surface area contributed by atoms with Gasteiger partial charge < -0.3 is 11.1 Å². The van der Waals surface area contributed by atoms with Gasteiger partial charge in [-0.1, -0.05) is 29.8 Å². The van der Waals surface area contributed by atoms with Crippen LogP contribution in [-0.2, 0) is 12.8 Å². The van der Waals surface area contributed by atoms with Gasteiger partial charge in [0.25, 0.3) is 0 Å². The van der Waals surface area contributed by atoms with Crippen LogP contribution in [0.4, 0.5) is 4.39 Å². The molecule has 1 amide bonds. The molecule has 2 rings (SSSR count). The molecule has 0 aromatic heterocycles. The third-order valence-corrected chi connectivity index (χ3v) is 4.52. The summed E-state index contributed by atoms with van der Waals surface area (Å²) in [5, 5.41) is 3.85. The van der Waals surface area contributed by atoms with Crippen LogP contribution in [-0.4, -0.2) is 18.5 Å². The predicted molar refractivity (Wildman–Crippen MR) is 101 cm³/mol. The van der Waals surface area contributed by atoms with Crippen molar-refractivity contribution < 1.29 is 9.18 Å². The molecule has 3 N–H and O–H groups in total. The number of rotatable bonds is 8. The van der Waals surface area contributed by atoms with Crippen molar-refractivity contribution in [3.8, 4) is 0 Å². The fraction of sp³-hybridized carbons (Fsp3) is 0.350. The smallest absolute Gasteiger partial charge is 0.250 e. The first-order chi connectivity index (χ1) is 11.9. The van der Waals surface area contributed by atoms with Gasteiger partial charge in [-0.2, -0.15) is 0 Å². The average molecular weight is 363 g/mol. The van der Waals surface area contributed by atoms with Crippen LogP contribution in [0.5, 0.6) is 0 Å². The minimum Gasteiger partial charge on any atom is -0.366 e. The van der Waals surface area contributed by atoms with Crippen molar-refractivity contribution in [1.29, 1.82) is 0 Å². The predicted octanol–water partition coefficient (Wildman–Crippen LogP) is 4.04. The van der Waals surface area contributed by atoms with E-state index in [2.05, 4.69) is 12.2 Å². The fourth-order valence-electron chi connectivity index (χ4n) is 2.74. The van der Waals surface area contributed by atoms with Crippen LogP contribution >= 0.6 is 11.6 Å². The Kier molecular flexibility index (Phi) is 6.97. The molecular formula is C20H24ClFN2O. The zero-order valence-electron chi connectivity index (χ0n) is 14.6. The second-order valence-corrected chi connectivity index (χ2v) is 6.83. The maximum atomic E-state index is 13.6. The summed E-state index contributed by atoms with van der Waals surface area (Å²) in [5.41, 5.74) is 8.34. The molecule has 1 unspecified atom stereocenters. The van der Waals surface area contributed by atoms with Crippen LogP contribution in [0.3, 0.4) is 0 Å². The lowest BCUT2D eigenvalue weighted by molar-refractivity contribution is 0.100. The summed E-state index contributed by atoms with van der Waals surface area (Å²) in [6.45, 7) is 4.71. The van der Waals surface area contributed by atoms with Gasteiger partial charge in [0.05, 0.1) is 10.6 Å². The Labute approximate surface area is 153 Å². The summed E-state index contributed by atoms with van der Waals surface area (Å²) < 4.78 is 13.6. The molecule has 0 aliphatic heterocycles. The highest BCUT2D eigenvalue weighted by molar-refractivity contribution is 6.33. The van der Waals surface area contributed by atoms with E-state index in [0.717, 1.165) is 36.9 Å². The normalized spacial score (nSPS) is 12.2. The summed E-state index contributed by atoms with van der Waals surface area (Å²) in [7, 11) is 0. The number of primary amides is 1. The molecule has 134 valence electrons. The second-order valence-electron chi connectivity index (χ2n) is 6.42. The van der Waals surface area contributed by atoms with Crippen molar-refractivity contribution >= 4 is 17.5 Å².